The number of hydrogen-bond donors (Lipinski definition) is 1. The first-order valence-electron chi connectivity index (χ1n) is 7.72. The molecule has 1 atom stereocenters. The van der Waals surface area contributed by atoms with Crippen molar-refractivity contribution in [1.29, 1.82) is 0 Å². The SMILES string of the molecule is Cl.O=C(N[C@H]1CN2CCC1CC2)c1nnc(-c2ccccc2)o1. The zero-order valence-electron chi connectivity index (χ0n) is 12.6. The first kappa shape index (κ1) is 16.0. The van der Waals surface area contributed by atoms with Crippen molar-refractivity contribution in [3.05, 3.63) is 36.2 Å². The summed E-state index contributed by atoms with van der Waals surface area (Å²) in [7, 11) is 0. The van der Waals surface area contributed by atoms with Crippen LogP contribution in [-0.2, 0) is 0 Å². The molecule has 6 nitrogen and oxygen atoms in total. The summed E-state index contributed by atoms with van der Waals surface area (Å²) in [5, 5.41) is 10.9. The van der Waals surface area contributed by atoms with Gasteiger partial charge in [0.25, 0.3) is 0 Å². The number of fused-ring (bicyclic) bond motifs is 3. The molecule has 1 aromatic carbocycles. The number of carbonyl (C=O) groups excluding carboxylic acids is 1. The summed E-state index contributed by atoms with van der Waals surface area (Å²) in [5.74, 6) is 0.717. The van der Waals surface area contributed by atoms with E-state index < -0.39 is 0 Å². The van der Waals surface area contributed by atoms with Gasteiger partial charge >= 0.3 is 11.8 Å². The summed E-state index contributed by atoms with van der Waals surface area (Å²) in [5.41, 5.74) is 0.817. The highest BCUT2D eigenvalue weighted by atomic mass is 35.5. The molecule has 2 aromatic rings. The Bertz CT molecular complexity index is 668. The van der Waals surface area contributed by atoms with Gasteiger partial charge in [0.2, 0.25) is 5.89 Å². The topological polar surface area (TPSA) is 71.3 Å². The van der Waals surface area contributed by atoms with Crippen LogP contribution in [0.25, 0.3) is 11.5 Å². The predicted molar refractivity (Wildman–Crippen MR) is 87.4 cm³/mol. The highest BCUT2D eigenvalue weighted by Crippen LogP contribution is 2.27. The van der Waals surface area contributed by atoms with Gasteiger partial charge in [-0.15, -0.1) is 22.6 Å². The lowest BCUT2D eigenvalue weighted by molar-refractivity contribution is 0.0602. The number of aromatic nitrogens is 2. The third kappa shape index (κ3) is 3.23. The molecule has 0 radical (unpaired) electrons. The first-order chi connectivity index (χ1) is 10.8. The van der Waals surface area contributed by atoms with Crippen molar-refractivity contribution < 1.29 is 9.21 Å². The van der Waals surface area contributed by atoms with Crippen LogP contribution in [-0.4, -0.2) is 46.7 Å². The van der Waals surface area contributed by atoms with Crippen LogP contribution in [0.1, 0.15) is 23.5 Å². The summed E-state index contributed by atoms with van der Waals surface area (Å²) in [4.78, 5) is 14.7. The summed E-state index contributed by atoms with van der Waals surface area (Å²) >= 11 is 0. The minimum Gasteiger partial charge on any atom is -0.412 e. The average molecular weight is 335 g/mol. The summed E-state index contributed by atoms with van der Waals surface area (Å²) < 4.78 is 5.51. The van der Waals surface area contributed by atoms with Crippen molar-refractivity contribution in [1.82, 2.24) is 20.4 Å². The van der Waals surface area contributed by atoms with Crippen molar-refractivity contribution in [3.63, 3.8) is 0 Å². The zero-order chi connectivity index (χ0) is 14.9. The van der Waals surface area contributed by atoms with Crippen LogP contribution >= 0.6 is 12.4 Å². The van der Waals surface area contributed by atoms with Crippen LogP contribution in [0.2, 0.25) is 0 Å². The van der Waals surface area contributed by atoms with Crippen molar-refractivity contribution >= 4 is 18.3 Å². The Morgan fingerprint density at radius 1 is 1.17 bits per heavy atom. The lowest BCUT2D eigenvalue weighted by Crippen LogP contribution is -2.57. The second kappa shape index (κ2) is 6.68. The number of hydrogen-bond acceptors (Lipinski definition) is 5. The summed E-state index contributed by atoms with van der Waals surface area (Å²) in [6.45, 7) is 3.22. The minimum atomic E-state index is -0.270. The Hall–Kier alpha value is -1.92. The van der Waals surface area contributed by atoms with Crippen molar-refractivity contribution in [3.8, 4) is 11.5 Å². The number of piperidine rings is 3. The molecule has 3 fully saturated rings. The van der Waals surface area contributed by atoms with Crippen LogP contribution in [0, 0.1) is 5.92 Å². The minimum absolute atomic E-state index is 0. The molecule has 1 N–H and O–H groups in total. The fourth-order valence-electron chi connectivity index (χ4n) is 3.37. The number of nitrogens with zero attached hydrogens (tertiary/aromatic N) is 3. The van der Waals surface area contributed by atoms with Crippen LogP contribution < -0.4 is 5.32 Å². The van der Waals surface area contributed by atoms with Gasteiger partial charge in [0.05, 0.1) is 0 Å². The van der Waals surface area contributed by atoms with Gasteiger partial charge < -0.3 is 14.6 Å². The molecule has 0 spiro atoms. The molecule has 7 heteroatoms. The number of nitrogens with one attached hydrogen (secondary N) is 1. The molecule has 5 rings (SSSR count). The molecule has 1 aromatic heterocycles. The standard InChI is InChI=1S/C16H18N4O2.ClH/c21-14(17-13-10-20-8-6-11(13)7-9-20)16-19-18-15(22-16)12-4-2-1-3-5-12;/h1-5,11,13H,6-10H2,(H,17,21);1H/t13-;/m0./s1. The third-order valence-electron chi connectivity index (χ3n) is 4.61. The average Bonchev–Trinajstić information content (AvgIpc) is 3.07. The molecule has 4 heterocycles. The Morgan fingerprint density at radius 2 is 1.91 bits per heavy atom. The monoisotopic (exact) mass is 334 g/mol. The Balaban J connectivity index is 0.00000156. The maximum atomic E-state index is 12.3. The lowest BCUT2D eigenvalue weighted by atomic mass is 9.84. The van der Waals surface area contributed by atoms with Crippen LogP contribution in [0.15, 0.2) is 34.7 Å². The van der Waals surface area contributed by atoms with Crippen LogP contribution in [0.5, 0.6) is 0 Å². The second-order valence-electron chi connectivity index (χ2n) is 6.00. The molecule has 0 aliphatic carbocycles. The Morgan fingerprint density at radius 3 is 2.57 bits per heavy atom. The third-order valence-corrected chi connectivity index (χ3v) is 4.61. The molecular weight excluding hydrogens is 316 g/mol. The normalized spacial score (nSPS) is 25.7. The van der Waals surface area contributed by atoms with E-state index in [4.69, 9.17) is 4.42 Å². The molecule has 3 saturated heterocycles. The zero-order valence-corrected chi connectivity index (χ0v) is 13.5. The molecule has 0 saturated carbocycles. The Labute approximate surface area is 140 Å². The largest absolute Gasteiger partial charge is 0.412 e. The van der Waals surface area contributed by atoms with Gasteiger partial charge in [-0.05, 0) is 44.0 Å². The van der Waals surface area contributed by atoms with Gasteiger partial charge in [-0.1, -0.05) is 18.2 Å². The quantitative estimate of drug-likeness (QED) is 0.929. The van der Waals surface area contributed by atoms with Gasteiger partial charge in [0, 0.05) is 18.2 Å². The number of rotatable bonds is 3. The van der Waals surface area contributed by atoms with E-state index in [1.54, 1.807) is 0 Å². The van der Waals surface area contributed by atoms with E-state index in [0.717, 1.165) is 38.0 Å². The highest BCUT2D eigenvalue weighted by molar-refractivity contribution is 5.90. The number of carbonyl (C=O) groups is 1. The maximum Gasteiger partial charge on any atom is 0.309 e. The Kier molecular flexibility index (Phi) is 4.63. The fraction of sp³-hybridized carbons (Fsp3) is 0.438. The van der Waals surface area contributed by atoms with E-state index in [0.29, 0.717) is 11.8 Å². The van der Waals surface area contributed by atoms with Gasteiger partial charge in [-0.2, -0.15) is 0 Å². The predicted octanol–water partition coefficient (Wildman–Crippen LogP) is 1.98. The number of halogens is 1. The molecule has 23 heavy (non-hydrogen) atoms. The van der Waals surface area contributed by atoms with Gasteiger partial charge in [-0.3, -0.25) is 4.79 Å². The summed E-state index contributed by atoms with van der Waals surface area (Å²) in [6.07, 6.45) is 2.31. The summed E-state index contributed by atoms with van der Waals surface area (Å²) in [6, 6.07) is 9.66. The van der Waals surface area contributed by atoms with E-state index >= 15 is 0 Å². The molecule has 1 amide bonds. The van der Waals surface area contributed by atoms with E-state index in [9.17, 15) is 4.79 Å². The maximum absolute atomic E-state index is 12.3. The van der Waals surface area contributed by atoms with E-state index in [2.05, 4.69) is 20.4 Å². The second-order valence-corrected chi connectivity index (χ2v) is 6.00. The lowest BCUT2D eigenvalue weighted by Gasteiger charge is -2.44. The highest BCUT2D eigenvalue weighted by Gasteiger charge is 2.35. The van der Waals surface area contributed by atoms with Gasteiger partial charge in [0.15, 0.2) is 0 Å². The number of benzene rings is 1. The molecular formula is C16H19ClN4O2. The molecule has 0 unspecified atom stereocenters. The molecule has 122 valence electrons. The molecule has 3 aliphatic heterocycles. The van der Waals surface area contributed by atoms with Crippen LogP contribution in [0.3, 0.4) is 0 Å². The van der Waals surface area contributed by atoms with Crippen molar-refractivity contribution in [2.45, 2.75) is 18.9 Å². The smallest absolute Gasteiger partial charge is 0.309 e. The molecule has 2 bridgehead atoms. The molecule has 3 aliphatic rings. The van der Waals surface area contributed by atoms with E-state index in [-0.39, 0.29) is 30.2 Å². The first-order valence-corrected chi connectivity index (χ1v) is 7.72. The number of amides is 1. The van der Waals surface area contributed by atoms with E-state index in [1.165, 1.54) is 0 Å². The van der Waals surface area contributed by atoms with Gasteiger partial charge in [-0.25, -0.2) is 0 Å². The van der Waals surface area contributed by atoms with Crippen LogP contribution in [0.4, 0.5) is 0 Å². The van der Waals surface area contributed by atoms with Gasteiger partial charge in [0.1, 0.15) is 0 Å². The van der Waals surface area contributed by atoms with Crippen molar-refractivity contribution in [2.75, 3.05) is 19.6 Å². The van der Waals surface area contributed by atoms with E-state index in [1.807, 2.05) is 30.3 Å². The fourth-order valence-corrected chi connectivity index (χ4v) is 3.37. The van der Waals surface area contributed by atoms with Crippen molar-refractivity contribution in [2.24, 2.45) is 5.92 Å².